The molecule has 0 aliphatic rings. The number of benzene rings is 2. The van der Waals surface area contributed by atoms with Gasteiger partial charge in [0.2, 0.25) is 0 Å². The van der Waals surface area contributed by atoms with Gasteiger partial charge in [-0.25, -0.2) is 4.79 Å². The van der Waals surface area contributed by atoms with Gasteiger partial charge < -0.3 is 10.0 Å². The van der Waals surface area contributed by atoms with Crippen molar-refractivity contribution < 1.29 is 14.7 Å². The van der Waals surface area contributed by atoms with Gasteiger partial charge in [-0.05, 0) is 24.6 Å². The molecule has 2 aromatic carbocycles. The predicted molar refractivity (Wildman–Crippen MR) is 80.4 cm³/mol. The minimum atomic E-state index is -1.09. The van der Waals surface area contributed by atoms with E-state index in [1.165, 1.54) is 11.0 Å². The molecule has 4 heteroatoms. The first-order valence-electron chi connectivity index (χ1n) is 6.62. The SMILES string of the molecule is Cc1ccc(C(=O)N(C)Cc2ccccc2)c(C(=O)O)c1. The number of aryl methyl sites for hydroxylation is 1. The number of aromatic carboxylic acids is 1. The first-order chi connectivity index (χ1) is 9.99. The van der Waals surface area contributed by atoms with Gasteiger partial charge in [0, 0.05) is 13.6 Å². The fourth-order valence-corrected chi connectivity index (χ4v) is 2.16. The molecule has 2 rings (SSSR count). The average Bonchev–Trinajstić information content (AvgIpc) is 2.47. The summed E-state index contributed by atoms with van der Waals surface area (Å²) in [7, 11) is 1.67. The smallest absolute Gasteiger partial charge is 0.336 e. The van der Waals surface area contributed by atoms with Crippen LogP contribution in [0, 0.1) is 6.92 Å². The Kier molecular flexibility index (Phi) is 4.38. The third-order valence-electron chi connectivity index (χ3n) is 3.25. The molecule has 0 unspecified atom stereocenters. The van der Waals surface area contributed by atoms with Gasteiger partial charge in [0.15, 0.2) is 0 Å². The molecule has 0 aliphatic heterocycles. The second-order valence-electron chi connectivity index (χ2n) is 5.00. The van der Waals surface area contributed by atoms with E-state index < -0.39 is 5.97 Å². The number of carboxylic acid groups (broad SMARTS) is 1. The molecule has 0 aromatic heterocycles. The molecule has 0 radical (unpaired) electrons. The van der Waals surface area contributed by atoms with E-state index in [-0.39, 0.29) is 17.0 Å². The van der Waals surface area contributed by atoms with Crippen molar-refractivity contribution in [3.05, 3.63) is 70.8 Å². The summed E-state index contributed by atoms with van der Waals surface area (Å²) in [4.78, 5) is 25.3. The van der Waals surface area contributed by atoms with Crippen molar-refractivity contribution in [2.75, 3.05) is 7.05 Å². The molecule has 21 heavy (non-hydrogen) atoms. The summed E-state index contributed by atoms with van der Waals surface area (Å²) in [6, 6.07) is 14.4. The monoisotopic (exact) mass is 283 g/mol. The van der Waals surface area contributed by atoms with Gasteiger partial charge in [-0.3, -0.25) is 4.79 Å². The molecular weight excluding hydrogens is 266 g/mol. The minimum absolute atomic E-state index is 0.0416. The van der Waals surface area contributed by atoms with E-state index in [0.717, 1.165) is 11.1 Å². The number of hydrogen-bond acceptors (Lipinski definition) is 2. The second kappa shape index (κ2) is 6.22. The van der Waals surface area contributed by atoms with E-state index in [1.807, 2.05) is 30.3 Å². The number of carbonyl (C=O) groups is 2. The maximum absolute atomic E-state index is 12.4. The molecule has 0 heterocycles. The molecule has 2 aromatic rings. The van der Waals surface area contributed by atoms with Crippen LogP contribution in [-0.2, 0) is 6.54 Å². The van der Waals surface area contributed by atoms with Gasteiger partial charge in [-0.2, -0.15) is 0 Å². The zero-order chi connectivity index (χ0) is 15.4. The van der Waals surface area contributed by atoms with Crippen molar-refractivity contribution in [1.82, 2.24) is 4.90 Å². The first kappa shape index (κ1) is 14.8. The molecule has 0 saturated carbocycles. The van der Waals surface area contributed by atoms with Crippen LogP contribution in [-0.4, -0.2) is 28.9 Å². The Hall–Kier alpha value is -2.62. The standard InChI is InChI=1S/C17H17NO3/c1-12-8-9-14(15(10-12)17(20)21)16(19)18(2)11-13-6-4-3-5-7-13/h3-10H,11H2,1-2H3,(H,20,21). The molecule has 0 aliphatic carbocycles. The summed E-state index contributed by atoms with van der Waals surface area (Å²) < 4.78 is 0. The predicted octanol–water partition coefficient (Wildman–Crippen LogP) is 2.97. The maximum atomic E-state index is 12.4. The van der Waals surface area contributed by atoms with Crippen molar-refractivity contribution >= 4 is 11.9 Å². The topological polar surface area (TPSA) is 57.6 Å². The highest BCUT2D eigenvalue weighted by Crippen LogP contribution is 2.15. The van der Waals surface area contributed by atoms with Crippen molar-refractivity contribution in [2.24, 2.45) is 0 Å². The van der Waals surface area contributed by atoms with Crippen LogP contribution in [0.15, 0.2) is 48.5 Å². The number of hydrogen-bond donors (Lipinski definition) is 1. The summed E-state index contributed by atoms with van der Waals surface area (Å²) in [6.45, 7) is 2.24. The lowest BCUT2D eigenvalue weighted by Gasteiger charge is -2.18. The number of carboxylic acids is 1. The zero-order valence-corrected chi connectivity index (χ0v) is 12.0. The second-order valence-corrected chi connectivity index (χ2v) is 5.00. The third-order valence-corrected chi connectivity index (χ3v) is 3.25. The van der Waals surface area contributed by atoms with E-state index in [2.05, 4.69) is 0 Å². The van der Waals surface area contributed by atoms with Gasteiger partial charge in [0.05, 0.1) is 11.1 Å². The highest BCUT2D eigenvalue weighted by molar-refractivity contribution is 6.04. The average molecular weight is 283 g/mol. The van der Waals surface area contributed by atoms with Crippen LogP contribution in [0.5, 0.6) is 0 Å². The fraction of sp³-hybridized carbons (Fsp3) is 0.176. The molecule has 0 bridgehead atoms. The molecule has 0 fully saturated rings. The highest BCUT2D eigenvalue weighted by atomic mass is 16.4. The molecule has 4 nitrogen and oxygen atoms in total. The van der Waals surface area contributed by atoms with E-state index in [0.29, 0.717) is 6.54 Å². The van der Waals surface area contributed by atoms with Gasteiger partial charge >= 0.3 is 5.97 Å². The fourth-order valence-electron chi connectivity index (χ4n) is 2.16. The third kappa shape index (κ3) is 3.48. The van der Waals surface area contributed by atoms with E-state index in [1.54, 1.807) is 26.1 Å². The summed E-state index contributed by atoms with van der Waals surface area (Å²) in [6.07, 6.45) is 0. The lowest BCUT2D eigenvalue weighted by molar-refractivity contribution is 0.0680. The van der Waals surface area contributed by atoms with Gasteiger partial charge in [-0.1, -0.05) is 42.0 Å². The molecular formula is C17H17NO3. The quantitative estimate of drug-likeness (QED) is 0.938. The minimum Gasteiger partial charge on any atom is -0.478 e. The van der Waals surface area contributed by atoms with Crippen LogP contribution in [0.2, 0.25) is 0 Å². The largest absolute Gasteiger partial charge is 0.478 e. The van der Waals surface area contributed by atoms with Crippen molar-refractivity contribution in [1.29, 1.82) is 0 Å². The van der Waals surface area contributed by atoms with Crippen molar-refractivity contribution in [3.63, 3.8) is 0 Å². The van der Waals surface area contributed by atoms with Crippen LogP contribution >= 0.6 is 0 Å². The Labute approximate surface area is 123 Å². The molecule has 0 atom stereocenters. The number of amides is 1. The number of carbonyl (C=O) groups excluding carboxylic acids is 1. The lowest BCUT2D eigenvalue weighted by atomic mass is 10.0. The Morgan fingerprint density at radius 3 is 2.33 bits per heavy atom. The number of nitrogens with zero attached hydrogens (tertiary/aromatic N) is 1. The van der Waals surface area contributed by atoms with Crippen molar-refractivity contribution in [2.45, 2.75) is 13.5 Å². The van der Waals surface area contributed by atoms with E-state index in [4.69, 9.17) is 0 Å². The van der Waals surface area contributed by atoms with Crippen LogP contribution in [0.25, 0.3) is 0 Å². The Morgan fingerprint density at radius 1 is 1.05 bits per heavy atom. The van der Waals surface area contributed by atoms with Gasteiger partial charge in [0.1, 0.15) is 0 Å². The Balaban J connectivity index is 2.25. The molecule has 1 N–H and O–H groups in total. The van der Waals surface area contributed by atoms with Gasteiger partial charge in [-0.15, -0.1) is 0 Å². The molecule has 0 saturated heterocycles. The summed E-state index contributed by atoms with van der Waals surface area (Å²) >= 11 is 0. The van der Waals surface area contributed by atoms with E-state index >= 15 is 0 Å². The Morgan fingerprint density at radius 2 is 1.71 bits per heavy atom. The normalized spacial score (nSPS) is 10.2. The van der Waals surface area contributed by atoms with Gasteiger partial charge in [0.25, 0.3) is 5.91 Å². The molecule has 108 valence electrons. The molecule has 0 spiro atoms. The summed E-state index contributed by atoms with van der Waals surface area (Å²) in [5, 5.41) is 9.24. The lowest BCUT2D eigenvalue weighted by Crippen LogP contribution is -2.27. The first-order valence-corrected chi connectivity index (χ1v) is 6.62. The van der Waals surface area contributed by atoms with E-state index in [9.17, 15) is 14.7 Å². The van der Waals surface area contributed by atoms with Crippen LogP contribution in [0.1, 0.15) is 31.8 Å². The zero-order valence-electron chi connectivity index (χ0n) is 12.0. The highest BCUT2D eigenvalue weighted by Gasteiger charge is 2.19. The maximum Gasteiger partial charge on any atom is 0.336 e. The summed E-state index contributed by atoms with van der Waals surface area (Å²) in [5.41, 5.74) is 2.07. The Bertz CT molecular complexity index is 665. The molecule has 1 amide bonds. The van der Waals surface area contributed by atoms with Crippen LogP contribution in [0.3, 0.4) is 0 Å². The summed E-state index contributed by atoms with van der Waals surface area (Å²) in [5.74, 6) is -1.38. The van der Waals surface area contributed by atoms with Crippen LogP contribution < -0.4 is 0 Å². The van der Waals surface area contributed by atoms with Crippen LogP contribution in [0.4, 0.5) is 0 Å². The number of rotatable bonds is 4. The van der Waals surface area contributed by atoms with Crippen molar-refractivity contribution in [3.8, 4) is 0 Å².